The molecule has 0 fully saturated rings. The maximum atomic E-state index is 4.56. The molecule has 27 heavy (non-hydrogen) atoms. The van der Waals surface area contributed by atoms with E-state index in [0.717, 1.165) is 44.3 Å². The number of para-hydroxylation sites is 1. The van der Waals surface area contributed by atoms with Crippen LogP contribution < -0.4 is 0 Å². The van der Waals surface area contributed by atoms with Gasteiger partial charge in [-0.2, -0.15) is 0 Å². The number of hydrogen-bond donors (Lipinski definition) is 0. The Balaban J connectivity index is 0.00000131. The molecule has 1 aromatic carbocycles. The van der Waals surface area contributed by atoms with Crippen LogP contribution in [0.4, 0.5) is 0 Å². The number of hydrogen-bond acceptors (Lipinski definition) is 2. The van der Waals surface area contributed by atoms with Crippen molar-refractivity contribution in [3.63, 3.8) is 0 Å². The number of pyridine rings is 1. The van der Waals surface area contributed by atoms with Gasteiger partial charge in [-0.05, 0) is 66.8 Å². The molecule has 0 bridgehead atoms. The lowest BCUT2D eigenvalue weighted by Gasteiger charge is -2.24. The van der Waals surface area contributed by atoms with Crippen molar-refractivity contribution in [1.29, 1.82) is 0 Å². The van der Waals surface area contributed by atoms with Gasteiger partial charge in [-0.25, -0.2) is 0 Å². The fraction of sp³-hybridized carbons (Fsp3) is 0.261. The molecule has 2 heterocycles. The number of rotatable bonds is 5. The van der Waals surface area contributed by atoms with Gasteiger partial charge < -0.3 is 4.90 Å². The molecule has 1 aliphatic carbocycles. The fourth-order valence-corrected chi connectivity index (χ4v) is 3.51. The molecule has 1 aromatic heterocycles. The van der Waals surface area contributed by atoms with Crippen LogP contribution >= 0.6 is 24.8 Å². The van der Waals surface area contributed by atoms with Crippen molar-refractivity contribution in [1.82, 2.24) is 9.88 Å². The minimum absolute atomic E-state index is 0. The van der Waals surface area contributed by atoms with Gasteiger partial charge in [-0.15, -0.1) is 24.8 Å². The highest BCUT2D eigenvalue weighted by atomic mass is 35.5. The second kappa shape index (κ2) is 10.3. The molecule has 0 amide bonds. The number of aromatic nitrogens is 1. The Morgan fingerprint density at radius 3 is 2.70 bits per heavy atom. The van der Waals surface area contributed by atoms with Crippen LogP contribution in [0.15, 0.2) is 84.3 Å². The largest absolute Gasteiger partial charge is 0.374 e. The monoisotopic (exact) mass is 400 g/mol. The zero-order valence-corrected chi connectivity index (χ0v) is 17.0. The first-order valence-corrected chi connectivity index (χ1v) is 9.19. The Kier molecular flexibility index (Phi) is 8.15. The average molecular weight is 401 g/mol. The van der Waals surface area contributed by atoms with Crippen molar-refractivity contribution in [2.24, 2.45) is 0 Å². The van der Waals surface area contributed by atoms with Gasteiger partial charge in [0.15, 0.2) is 0 Å². The van der Waals surface area contributed by atoms with Crippen LogP contribution in [-0.2, 0) is 6.42 Å². The molecule has 4 heteroatoms. The number of benzene rings is 1. The summed E-state index contributed by atoms with van der Waals surface area (Å²) < 4.78 is 0. The molecule has 0 unspecified atom stereocenters. The predicted octanol–water partition coefficient (Wildman–Crippen LogP) is 6.04. The number of fused-ring (bicyclic) bond motifs is 1. The van der Waals surface area contributed by atoms with E-state index in [1.807, 2.05) is 12.3 Å². The van der Waals surface area contributed by atoms with Gasteiger partial charge in [0.1, 0.15) is 0 Å². The molecule has 0 N–H and O–H groups in total. The van der Waals surface area contributed by atoms with Crippen LogP contribution in [0.1, 0.15) is 24.8 Å². The van der Waals surface area contributed by atoms with Crippen molar-refractivity contribution in [2.75, 3.05) is 13.1 Å². The van der Waals surface area contributed by atoms with Gasteiger partial charge in [0, 0.05) is 24.7 Å². The summed E-state index contributed by atoms with van der Waals surface area (Å²) in [4.78, 5) is 6.96. The van der Waals surface area contributed by atoms with Crippen LogP contribution in [0.25, 0.3) is 10.9 Å². The Morgan fingerprint density at radius 1 is 1.04 bits per heavy atom. The van der Waals surface area contributed by atoms with E-state index in [1.54, 1.807) is 0 Å². The van der Waals surface area contributed by atoms with E-state index >= 15 is 0 Å². The molecule has 0 saturated heterocycles. The molecular weight excluding hydrogens is 375 g/mol. The summed E-state index contributed by atoms with van der Waals surface area (Å²) in [5, 5.41) is 1.24. The van der Waals surface area contributed by atoms with Crippen LogP contribution in [0.5, 0.6) is 0 Å². The van der Waals surface area contributed by atoms with Crippen molar-refractivity contribution >= 4 is 35.7 Å². The van der Waals surface area contributed by atoms with E-state index in [-0.39, 0.29) is 24.8 Å². The first-order valence-electron chi connectivity index (χ1n) is 9.19. The third-order valence-electron chi connectivity index (χ3n) is 4.94. The van der Waals surface area contributed by atoms with Gasteiger partial charge >= 0.3 is 0 Å². The summed E-state index contributed by atoms with van der Waals surface area (Å²) >= 11 is 0. The summed E-state index contributed by atoms with van der Waals surface area (Å²) in [5.74, 6) is 0. The summed E-state index contributed by atoms with van der Waals surface area (Å²) in [6.07, 6.45) is 20.1. The average Bonchev–Trinajstić information content (AvgIpc) is 2.69. The van der Waals surface area contributed by atoms with Gasteiger partial charge in [-0.1, -0.05) is 42.5 Å². The molecule has 0 saturated carbocycles. The summed E-state index contributed by atoms with van der Waals surface area (Å²) in [7, 11) is 0. The molecule has 2 aromatic rings. The predicted molar refractivity (Wildman–Crippen MR) is 120 cm³/mol. The Morgan fingerprint density at radius 2 is 1.93 bits per heavy atom. The quantitative estimate of drug-likeness (QED) is 0.568. The van der Waals surface area contributed by atoms with Crippen LogP contribution in [-0.4, -0.2) is 23.0 Å². The highest BCUT2D eigenvalue weighted by Crippen LogP contribution is 2.23. The Hall–Kier alpha value is -2.03. The van der Waals surface area contributed by atoms with Crippen molar-refractivity contribution in [3.05, 3.63) is 89.8 Å². The third kappa shape index (κ3) is 5.47. The van der Waals surface area contributed by atoms with Crippen molar-refractivity contribution in [2.45, 2.75) is 25.7 Å². The number of aryl methyl sites for hydroxylation is 1. The van der Waals surface area contributed by atoms with E-state index in [0.29, 0.717) is 0 Å². The highest BCUT2D eigenvalue weighted by molar-refractivity contribution is 5.85. The molecular formula is C23H26Cl2N2. The summed E-state index contributed by atoms with van der Waals surface area (Å²) in [6, 6.07) is 10.6. The molecule has 0 radical (unpaired) electrons. The van der Waals surface area contributed by atoms with E-state index < -0.39 is 0 Å². The lowest BCUT2D eigenvalue weighted by atomic mass is 9.96. The van der Waals surface area contributed by atoms with E-state index in [9.17, 15) is 0 Å². The van der Waals surface area contributed by atoms with E-state index in [4.69, 9.17) is 0 Å². The second-order valence-corrected chi connectivity index (χ2v) is 6.75. The lowest BCUT2D eigenvalue weighted by molar-refractivity contribution is 0.401. The minimum Gasteiger partial charge on any atom is -0.374 e. The highest BCUT2D eigenvalue weighted by Gasteiger charge is 2.09. The number of nitrogens with zero attached hydrogens (tertiary/aromatic N) is 2. The topological polar surface area (TPSA) is 16.1 Å². The first kappa shape index (κ1) is 21.3. The van der Waals surface area contributed by atoms with Crippen molar-refractivity contribution in [3.8, 4) is 0 Å². The normalized spacial score (nSPS) is 15.6. The third-order valence-corrected chi connectivity index (χ3v) is 4.94. The molecule has 2 nitrogen and oxygen atoms in total. The SMILES string of the molecule is C1=CCC(C2=CCN(CCCc3cnc4ccccc4c3)C=C2)=CC1.Cl.Cl. The Bertz CT molecular complexity index is 881. The summed E-state index contributed by atoms with van der Waals surface area (Å²) in [6.45, 7) is 2.11. The smallest absolute Gasteiger partial charge is 0.0702 e. The van der Waals surface area contributed by atoms with Gasteiger partial charge in [0.05, 0.1) is 5.52 Å². The first-order chi connectivity index (χ1) is 12.4. The maximum absolute atomic E-state index is 4.56. The van der Waals surface area contributed by atoms with Crippen molar-refractivity contribution < 1.29 is 0 Å². The maximum Gasteiger partial charge on any atom is 0.0702 e. The second-order valence-electron chi connectivity index (χ2n) is 6.75. The zero-order chi connectivity index (χ0) is 16.9. The molecule has 0 spiro atoms. The van der Waals surface area contributed by atoms with Crippen LogP contribution in [0, 0.1) is 0 Å². The minimum atomic E-state index is 0. The molecule has 4 rings (SSSR count). The molecule has 0 atom stereocenters. The standard InChI is InChI=1S/C23H24N2.2ClH/c1-2-8-20(9-3-1)21-12-15-25(16-13-21)14-6-7-19-17-22-10-4-5-11-23(22)24-18-19;;/h1-2,4-5,9-13,15,17-18H,3,6-8,14,16H2;2*1H. The van der Waals surface area contributed by atoms with Crippen LogP contribution in [0.2, 0.25) is 0 Å². The van der Waals surface area contributed by atoms with Crippen LogP contribution in [0.3, 0.4) is 0 Å². The molecule has 142 valence electrons. The lowest BCUT2D eigenvalue weighted by Crippen LogP contribution is -2.21. The van der Waals surface area contributed by atoms with E-state index in [2.05, 4.69) is 70.7 Å². The number of allylic oxidation sites excluding steroid dienone is 6. The van der Waals surface area contributed by atoms with Gasteiger partial charge in [-0.3, -0.25) is 4.98 Å². The number of halogens is 2. The molecule has 2 aliphatic rings. The van der Waals surface area contributed by atoms with E-state index in [1.165, 1.54) is 22.1 Å². The molecule has 1 aliphatic heterocycles. The summed E-state index contributed by atoms with van der Waals surface area (Å²) in [5.41, 5.74) is 5.28. The zero-order valence-electron chi connectivity index (χ0n) is 15.4. The fourth-order valence-electron chi connectivity index (χ4n) is 3.51. The Labute approximate surface area is 174 Å². The van der Waals surface area contributed by atoms with Gasteiger partial charge in [0.25, 0.3) is 0 Å². The van der Waals surface area contributed by atoms with Gasteiger partial charge in [0.2, 0.25) is 0 Å².